The van der Waals surface area contributed by atoms with Crippen LogP contribution in [0.15, 0.2) is 76.4 Å². The molecule has 0 aliphatic carbocycles. The van der Waals surface area contributed by atoms with Gasteiger partial charge in [-0.3, -0.25) is 9.36 Å². The van der Waals surface area contributed by atoms with E-state index < -0.39 is 10.0 Å². The first kappa shape index (κ1) is 23.5. The van der Waals surface area contributed by atoms with Crippen LogP contribution in [-0.4, -0.2) is 26.6 Å². The van der Waals surface area contributed by atoms with Crippen LogP contribution in [0.25, 0.3) is 10.2 Å². The summed E-state index contributed by atoms with van der Waals surface area (Å²) < 4.78 is 35.7. The molecule has 1 N–H and O–H groups in total. The predicted molar refractivity (Wildman–Crippen MR) is 133 cm³/mol. The van der Waals surface area contributed by atoms with E-state index in [4.69, 9.17) is 16.3 Å². The first-order valence-electron chi connectivity index (χ1n) is 10.4. The molecule has 4 rings (SSSR count). The smallest absolute Gasteiger partial charge is 0.308 e. The van der Waals surface area contributed by atoms with E-state index in [1.807, 2.05) is 36.4 Å². The monoisotopic (exact) mass is 502 g/mol. The number of fused-ring (bicyclic) bond motifs is 1. The molecule has 172 valence electrons. The summed E-state index contributed by atoms with van der Waals surface area (Å²) in [4.78, 5) is 12.6. The number of hydrogen-bond donors (Lipinski definition) is 1. The van der Waals surface area contributed by atoms with E-state index in [1.165, 1.54) is 6.07 Å². The van der Waals surface area contributed by atoms with Crippen molar-refractivity contribution < 1.29 is 13.2 Å². The molecule has 6 nitrogen and oxygen atoms in total. The molecule has 33 heavy (non-hydrogen) atoms. The Morgan fingerprint density at radius 2 is 1.82 bits per heavy atom. The standard InChI is InChI=1S/C24H23ClN2O4S2/c1-31-20-6-2-4-17(14-20)5-3-13-26-33(29,30)21-11-12-22-23(15-21)32-24(28)27(22)16-18-7-9-19(25)10-8-18/h2,4,6-12,14-15,26H,3,5,13,16H2,1H3. The summed E-state index contributed by atoms with van der Waals surface area (Å²) in [6, 6.07) is 19.8. The minimum atomic E-state index is -3.68. The van der Waals surface area contributed by atoms with Crippen LogP contribution in [0, 0.1) is 0 Å². The number of halogens is 1. The van der Waals surface area contributed by atoms with Gasteiger partial charge in [0.1, 0.15) is 5.75 Å². The second kappa shape index (κ2) is 10.1. The number of benzene rings is 3. The lowest BCUT2D eigenvalue weighted by Gasteiger charge is -2.08. The van der Waals surface area contributed by atoms with Gasteiger partial charge in [-0.1, -0.05) is 47.2 Å². The third kappa shape index (κ3) is 5.65. The highest BCUT2D eigenvalue weighted by atomic mass is 35.5. The maximum atomic E-state index is 12.8. The molecule has 1 heterocycles. The van der Waals surface area contributed by atoms with Crippen molar-refractivity contribution in [2.24, 2.45) is 0 Å². The van der Waals surface area contributed by atoms with Crippen molar-refractivity contribution in [1.82, 2.24) is 9.29 Å². The SMILES string of the molecule is COc1cccc(CCCNS(=O)(=O)c2ccc3c(c2)sc(=O)n3Cc2ccc(Cl)cc2)c1. The number of aryl methyl sites for hydroxylation is 1. The number of aromatic nitrogens is 1. The summed E-state index contributed by atoms with van der Waals surface area (Å²) in [5.74, 6) is 0.781. The summed E-state index contributed by atoms with van der Waals surface area (Å²) >= 11 is 6.97. The molecular weight excluding hydrogens is 480 g/mol. The van der Waals surface area contributed by atoms with Crippen molar-refractivity contribution in [1.29, 1.82) is 0 Å². The normalized spacial score (nSPS) is 11.7. The van der Waals surface area contributed by atoms with Crippen molar-refractivity contribution in [2.45, 2.75) is 24.3 Å². The van der Waals surface area contributed by atoms with E-state index in [-0.39, 0.29) is 9.77 Å². The summed E-state index contributed by atoms with van der Waals surface area (Å²) in [6.07, 6.45) is 1.38. The van der Waals surface area contributed by atoms with E-state index in [2.05, 4.69) is 4.72 Å². The molecule has 0 atom stereocenters. The molecule has 4 aromatic rings. The summed E-state index contributed by atoms with van der Waals surface area (Å²) in [7, 11) is -2.06. The highest BCUT2D eigenvalue weighted by molar-refractivity contribution is 7.89. The number of hydrogen-bond acceptors (Lipinski definition) is 5. The van der Waals surface area contributed by atoms with Gasteiger partial charge in [0.15, 0.2) is 0 Å². The summed E-state index contributed by atoms with van der Waals surface area (Å²) in [6.45, 7) is 0.704. The predicted octanol–water partition coefficient (Wildman–Crippen LogP) is 4.68. The molecule has 0 saturated heterocycles. The minimum Gasteiger partial charge on any atom is -0.497 e. The number of rotatable bonds is 9. The molecule has 0 aliphatic rings. The average molecular weight is 503 g/mol. The Balaban J connectivity index is 1.44. The van der Waals surface area contributed by atoms with E-state index in [9.17, 15) is 13.2 Å². The minimum absolute atomic E-state index is 0.138. The van der Waals surface area contributed by atoms with Gasteiger partial charge in [-0.15, -0.1) is 0 Å². The fourth-order valence-electron chi connectivity index (χ4n) is 3.55. The second-order valence-corrected chi connectivity index (χ2v) is 10.8. The maximum Gasteiger partial charge on any atom is 0.308 e. The highest BCUT2D eigenvalue weighted by Crippen LogP contribution is 2.23. The van der Waals surface area contributed by atoms with Crippen molar-refractivity contribution in [3.05, 3.63) is 92.5 Å². The van der Waals surface area contributed by atoms with E-state index in [0.717, 1.165) is 34.6 Å². The lowest BCUT2D eigenvalue weighted by molar-refractivity contribution is 0.414. The molecular formula is C24H23ClN2O4S2. The molecule has 0 radical (unpaired) electrons. The Bertz CT molecular complexity index is 1430. The molecule has 1 aromatic heterocycles. The molecule has 3 aromatic carbocycles. The van der Waals surface area contributed by atoms with Crippen LogP contribution in [0.1, 0.15) is 17.5 Å². The third-order valence-electron chi connectivity index (χ3n) is 5.27. The van der Waals surface area contributed by atoms with Crippen molar-refractivity contribution in [3.63, 3.8) is 0 Å². The number of nitrogens with one attached hydrogen (secondary N) is 1. The van der Waals surface area contributed by atoms with Crippen molar-refractivity contribution >= 4 is 43.2 Å². The average Bonchev–Trinajstić information content (AvgIpc) is 3.12. The molecule has 0 spiro atoms. The van der Waals surface area contributed by atoms with E-state index in [1.54, 1.807) is 35.9 Å². The zero-order valence-corrected chi connectivity index (χ0v) is 20.3. The van der Waals surface area contributed by atoms with Gasteiger partial charge in [0.25, 0.3) is 0 Å². The van der Waals surface area contributed by atoms with E-state index in [0.29, 0.717) is 34.7 Å². The van der Waals surface area contributed by atoms with Crippen LogP contribution < -0.4 is 14.3 Å². The fraction of sp³-hybridized carbons (Fsp3) is 0.208. The van der Waals surface area contributed by atoms with Crippen LogP contribution in [0.3, 0.4) is 0 Å². The Hall–Kier alpha value is -2.65. The van der Waals surface area contributed by atoms with Gasteiger partial charge in [0, 0.05) is 11.6 Å². The number of thiazole rings is 1. The lowest BCUT2D eigenvalue weighted by Crippen LogP contribution is -2.25. The largest absolute Gasteiger partial charge is 0.497 e. The Kier molecular flexibility index (Phi) is 7.19. The van der Waals surface area contributed by atoms with Gasteiger partial charge in [-0.2, -0.15) is 0 Å². The van der Waals surface area contributed by atoms with Gasteiger partial charge in [0.2, 0.25) is 10.0 Å². The molecule has 0 bridgehead atoms. The Morgan fingerprint density at radius 3 is 2.58 bits per heavy atom. The molecule has 0 unspecified atom stereocenters. The van der Waals surface area contributed by atoms with Crippen LogP contribution >= 0.6 is 22.9 Å². The van der Waals surface area contributed by atoms with Gasteiger partial charge >= 0.3 is 4.87 Å². The molecule has 0 aliphatic heterocycles. The van der Waals surface area contributed by atoms with Crippen molar-refractivity contribution in [3.8, 4) is 5.75 Å². The molecule has 0 amide bonds. The second-order valence-electron chi connectivity index (χ2n) is 7.56. The number of nitrogens with zero attached hydrogens (tertiary/aromatic N) is 1. The molecule has 9 heteroatoms. The number of sulfonamides is 1. The highest BCUT2D eigenvalue weighted by Gasteiger charge is 2.16. The number of ether oxygens (including phenoxy) is 1. The Labute approximate surface area is 201 Å². The lowest BCUT2D eigenvalue weighted by atomic mass is 10.1. The van der Waals surface area contributed by atoms with Crippen LogP contribution in [0.4, 0.5) is 0 Å². The van der Waals surface area contributed by atoms with Gasteiger partial charge in [-0.05, 0) is 66.4 Å². The topological polar surface area (TPSA) is 77.4 Å². The van der Waals surface area contributed by atoms with Gasteiger partial charge in [-0.25, -0.2) is 13.1 Å². The Morgan fingerprint density at radius 1 is 1.03 bits per heavy atom. The zero-order valence-electron chi connectivity index (χ0n) is 18.0. The summed E-state index contributed by atoms with van der Waals surface area (Å²) in [5, 5.41) is 0.632. The van der Waals surface area contributed by atoms with E-state index >= 15 is 0 Å². The van der Waals surface area contributed by atoms with Gasteiger partial charge < -0.3 is 4.74 Å². The summed E-state index contributed by atoms with van der Waals surface area (Å²) in [5.41, 5.74) is 2.73. The first-order valence-corrected chi connectivity index (χ1v) is 13.0. The number of methoxy groups -OCH3 is 1. The fourth-order valence-corrected chi connectivity index (χ4v) is 5.78. The quantitative estimate of drug-likeness (QED) is 0.337. The van der Waals surface area contributed by atoms with Crippen LogP contribution in [-0.2, 0) is 23.0 Å². The molecule has 0 saturated carbocycles. The zero-order chi connectivity index (χ0) is 23.4. The van der Waals surface area contributed by atoms with Crippen molar-refractivity contribution in [2.75, 3.05) is 13.7 Å². The maximum absolute atomic E-state index is 12.8. The first-order chi connectivity index (χ1) is 15.9. The molecule has 0 fully saturated rings. The van der Waals surface area contributed by atoms with Crippen LogP contribution in [0.5, 0.6) is 5.75 Å². The van der Waals surface area contributed by atoms with Gasteiger partial charge in [0.05, 0.1) is 28.8 Å². The third-order valence-corrected chi connectivity index (χ3v) is 7.93. The van der Waals surface area contributed by atoms with Crippen LogP contribution in [0.2, 0.25) is 5.02 Å².